The van der Waals surface area contributed by atoms with Gasteiger partial charge in [0.15, 0.2) is 5.17 Å². The zero-order chi connectivity index (χ0) is 19.9. The number of amides is 1. The van der Waals surface area contributed by atoms with E-state index in [0.717, 1.165) is 11.1 Å². The molecule has 0 unspecified atom stereocenters. The Bertz CT molecular complexity index is 912. The van der Waals surface area contributed by atoms with Gasteiger partial charge in [-0.2, -0.15) is 5.10 Å². The van der Waals surface area contributed by atoms with Gasteiger partial charge in [-0.1, -0.05) is 42.1 Å². The van der Waals surface area contributed by atoms with Crippen LogP contribution >= 0.6 is 11.8 Å². The van der Waals surface area contributed by atoms with Crippen LogP contribution in [-0.4, -0.2) is 41.1 Å². The van der Waals surface area contributed by atoms with Crippen molar-refractivity contribution >= 4 is 29.1 Å². The lowest BCUT2D eigenvalue weighted by molar-refractivity contribution is -0.125. The number of benzene rings is 2. The average molecular weight is 397 g/mol. The molecule has 1 amide bonds. The molecule has 7 heteroatoms. The molecule has 1 aliphatic rings. The maximum absolute atomic E-state index is 13.1. The molecule has 0 saturated carbocycles. The van der Waals surface area contributed by atoms with E-state index in [0.29, 0.717) is 23.9 Å². The third kappa shape index (κ3) is 4.67. The van der Waals surface area contributed by atoms with Crippen molar-refractivity contribution in [3.8, 4) is 5.75 Å². The number of hydrogen-bond acceptors (Lipinski definition) is 5. The summed E-state index contributed by atoms with van der Waals surface area (Å²) in [7, 11) is 1.59. The highest BCUT2D eigenvalue weighted by Gasteiger charge is 2.37. The molecule has 1 fully saturated rings. The Morgan fingerprint density at radius 3 is 2.71 bits per heavy atom. The quantitative estimate of drug-likeness (QED) is 0.405. The zero-order valence-electron chi connectivity index (χ0n) is 15.4. The zero-order valence-corrected chi connectivity index (χ0v) is 16.2. The number of nitrogens with zero attached hydrogens (tertiary/aromatic N) is 3. The van der Waals surface area contributed by atoms with Crippen LogP contribution in [0.2, 0.25) is 0 Å². The number of hydrogen-bond donors (Lipinski definition) is 0. The predicted molar refractivity (Wildman–Crippen MR) is 111 cm³/mol. The van der Waals surface area contributed by atoms with Gasteiger partial charge in [0.05, 0.1) is 18.6 Å². The van der Waals surface area contributed by atoms with Gasteiger partial charge in [-0.3, -0.25) is 9.69 Å². The smallest absolute Gasteiger partial charge is 0.242 e. The van der Waals surface area contributed by atoms with Crippen LogP contribution in [0.15, 0.2) is 71.4 Å². The molecule has 3 rings (SSSR count). The number of rotatable bonds is 7. The maximum atomic E-state index is 13.1. The van der Waals surface area contributed by atoms with Gasteiger partial charge in [0.2, 0.25) is 5.91 Å². The molecule has 0 radical (unpaired) electrons. The van der Waals surface area contributed by atoms with Crippen molar-refractivity contribution in [1.29, 1.82) is 0 Å². The Morgan fingerprint density at radius 1 is 1.25 bits per heavy atom. The summed E-state index contributed by atoms with van der Waals surface area (Å²) in [6.07, 6.45) is 3.74. The van der Waals surface area contributed by atoms with Crippen molar-refractivity contribution < 1.29 is 13.9 Å². The maximum Gasteiger partial charge on any atom is 0.242 e. The minimum atomic E-state index is -0.328. The van der Waals surface area contributed by atoms with E-state index in [-0.39, 0.29) is 17.0 Å². The van der Waals surface area contributed by atoms with Crippen LogP contribution in [0.5, 0.6) is 5.75 Å². The van der Waals surface area contributed by atoms with Gasteiger partial charge < -0.3 is 4.74 Å². The Hall–Kier alpha value is -2.93. The highest BCUT2D eigenvalue weighted by atomic mass is 32.2. The molecule has 0 spiro atoms. The summed E-state index contributed by atoms with van der Waals surface area (Å²) in [5.41, 5.74) is 1.69. The molecule has 5 nitrogen and oxygen atoms in total. The second-order valence-corrected chi connectivity index (χ2v) is 7.21. The van der Waals surface area contributed by atoms with Gasteiger partial charge in [-0.05, 0) is 36.2 Å². The summed E-state index contributed by atoms with van der Waals surface area (Å²) >= 11 is 1.35. The molecule has 0 bridgehead atoms. The van der Waals surface area contributed by atoms with E-state index in [1.807, 2.05) is 24.3 Å². The van der Waals surface area contributed by atoms with E-state index in [1.54, 1.807) is 36.4 Å². The second-order valence-electron chi connectivity index (χ2n) is 6.04. The standard InChI is InChI=1S/C21H20FN3O2S/c1-3-12-25-20(26)19(13-15-8-10-17(22)11-9-15)28-21(25)24-23-14-16-6-4-5-7-18(16)27-2/h3-11,14,19H,1,12-13H2,2H3/b23-14-,24-21-/t19-/m0/s1. The molecule has 0 aliphatic carbocycles. The van der Waals surface area contributed by atoms with Crippen LogP contribution in [0.1, 0.15) is 11.1 Å². The Labute approximate surface area is 167 Å². The van der Waals surface area contributed by atoms with Crippen LogP contribution in [0.3, 0.4) is 0 Å². The van der Waals surface area contributed by atoms with Crippen LogP contribution in [-0.2, 0) is 11.2 Å². The first kappa shape index (κ1) is 19.8. The number of amidine groups is 1. The van der Waals surface area contributed by atoms with Crippen molar-refractivity contribution in [2.45, 2.75) is 11.7 Å². The van der Waals surface area contributed by atoms with Gasteiger partial charge in [-0.25, -0.2) is 4.39 Å². The summed E-state index contributed by atoms with van der Waals surface area (Å²) in [6, 6.07) is 13.6. The number of para-hydroxylation sites is 1. The molecular formula is C21H20FN3O2S. The van der Waals surface area contributed by atoms with Crippen molar-refractivity contribution in [2.75, 3.05) is 13.7 Å². The van der Waals surface area contributed by atoms with Gasteiger partial charge in [0.1, 0.15) is 11.6 Å². The first-order chi connectivity index (χ1) is 13.6. The van der Waals surface area contributed by atoms with Gasteiger partial charge >= 0.3 is 0 Å². The van der Waals surface area contributed by atoms with Crippen molar-refractivity contribution in [1.82, 2.24) is 4.90 Å². The summed E-state index contributed by atoms with van der Waals surface area (Å²) < 4.78 is 18.4. The molecular weight excluding hydrogens is 377 g/mol. The van der Waals surface area contributed by atoms with Crippen LogP contribution < -0.4 is 4.74 Å². The van der Waals surface area contributed by atoms with E-state index in [9.17, 15) is 9.18 Å². The van der Waals surface area contributed by atoms with Crippen molar-refractivity contribution in [3.05, 3.63) is 78.1 Å². The molecule has 1 atom stereocenters. The first-order valence-electron chi connectivity index (χ1n) is 8.69. The average Bonchev–Trinajstić information content (AvgIpc) is 2.99. The molecule has 144 valence electrons. The Kier molecular flexibility index (Phi) is 6.60. The Balaban J connectivity index is 1.77. The number of carbonyl (C=O) groups is 1. The molecule has 0 aromatic heterocycles. The van der Waals surface area contributed by atoms with E-state index in [4.69, 9.17) is 4.74 Å². The van der Waals surface area contributed by atoms with Crippen molar-refractivity contribution in [2.24, 2.45) is 10.2 Å². The van der Waals surface area contributed by atoms with Gasteiger partial charge in [-0.15, -0.1) is 11.7 Å². The van der Waals surface area contributed by atoms with E-state index in [1.165, 1.54) is 23.9 Å². The topological polar surface area (TPSA) is 54.3 Å². The van der Waals surface area contributed by atoms with Crippen LogP contribution in [0.4, 0.5) is 4.39 Å². The predicted octanol–water partition coefficient (Wildman–Crippen LogP) is 3.90. The highest BCUT2D eigenvalue weighted by Crippen LogP contribution is 2.30. The molecule has 2 aromatic rings. The molecule has 28 heavy (non-hydrogen) atoms. The molecule has 1 saturated heterocycles. The lowest BCUT2D eigenvalue weighted by Crippen LogP contribution is -2.32. The molecule has 1 aliphatic heterocycles. The monoisotopic (exact) mass is 397 g/mol. The molecule has 1 heterocycles. The van der Waals surface area contributed by atoms with Crippen LogP contribution in [0.25, 0.3) is 0 Å². The molecule has 2 aromatic carbocycles. The molecule has 0 N–H and O–H groups in total. The summed E-state index contributed by atoms with van der Waals surface area (Å²) in [5.74, 6) is 0.342. The largest absolute Gasteiger partial charge is 0.496 e. The van der Waals surface area contributed by atoms with Crippen molar-refractivity contribution in [3.63, 3.8) is 0 Å². The van der Waals surface area contributed by atoms with Crippen LogP contribution in [0, 0.1) is 5.82 Å². The third-order valence-corrected chi connectivity index (χ3v) is 5.31. The third-order valence-electron chi connectivity index (χ3n) is 4.15. The second kappa shape index (κ2) is 9.32. The minimum absolute atomic E-state index is 0.0551. The van der Waals surface area contributed by atoms with E-state index in [2.05, 4.69) is 16.8 Å². The van der Waals surface area contributed by atoms with E-state index < -0.39 is 0 Å². The normalized spacial score (nSPS) is 18.2. The first-order valence-corrected chi connectivity index (χ1v) is 9.57. The fourth-order valence-corrected chi connectivity index (χ4v) is 3.91. The SMILES string of the molecule is C=CCN1C(=O)[C@H](Cc2ccc(F)cc2)S/C1=N\N=C/c1ccccc1OC. The lowest BCUT2D eigenvalue weighted by atomic mass is 10.1. The number of ether oxygens (including phenoxy) is 1. The number of carbonyl (C=O) groups excluding carboxylic acids is 1. The highest BCUT2D eigenvalue weighted by molar-refractivity contribution is 8.15. The summed E-state index contributed by atoms with van der Waals surface area (Å²) in [5, 5.41) is 8.57. The Morgan fingerprint density at radius 2 is 2.00 bits per heavy atom. The lowest BCUT2D eigenvalue weighted by Gasteiger charge is -2.12. The minimum Gasteiger partial charge on any atom is -0.496 e. The number of methoxy groups -OCH3 is 1. The number of thioether (sulfide) groups is 1. The van der Waals surface area contributed by atoms with E-state index >= 15 is 0 Å². The summed E-state index contributed by atoms with van der Waals surface area (Å²) in [4.78, 5) is 14.3. The van der Waals surface area contributed by atoms with Gasteiger partial charge in [0, 0.05) is 12.1 Å². The number of halogens is 1. The van der Waals surface area contributed by atoms with Gasteiger partial charge in [0.25, 0.3) is 0 Å². The fourth-order valence-electron chi connectivity index (χ4n) is 2.76. The summed E-state index contributed by atoms with van der Waals surface area (Å²) in [6.45, 7) is 4.06. The fraction of sp³-hybridized carbons (Fsp3) is 0.190.